The third kappa shape index (κ3) is 1.58. The van der Waals surface area contributed by atoms with Gasteiger partial charge in [0, 0.05) is 20.2 Å². The highest BCUT2D eigenvalue weighted by Gasteiger charge is 2.09. The molecule has 0 aliphatic heterocycles. The first-order valence-corrected chi connectivity index (χ1v) is 4.49. The Morgan fingerprint density at radius 3 is 2.73 bits per heavy atom. The zero-order valence-corrected chi connectivity index (χ0v) is 8.45. The Morgan fingerprint density at radius 1 is 1.33 bits per heavy atom. The number of anilines is 1. The lowest BCUT2D eigenvalue weighted by Crippen LogP contribution is -2.12. The van der Waals surface area contributed by atoms with Gasteiger partial charge in [-0.15, -0.1) is 0 Å². The molecule has 0 spiro atoms. The van der Waals surface area contributed by atoms with Gasteiger partial charge in [0.1, 0.15) is 0 Å². The molecule has 1 aromatic heterocycles. The highest BCUT2D eigenvalue weighted by Crippen LogP contribution is 2.19. The highest BCUT2D eigenvalue weighted by molar-refractivity contribution is 5.78. The van der Waals surface area contributed by atoms with Gasteiger partial charge in [-0.25, -0.2) is 4.39 Å². The van der Waals surface area contributed by atoms with Crippen LogP contribution in [0.1, 0.15) is 0 Å². The number of nitrogens with zero attached hydrogens (tertiary/aromatic N) is 1. The zero-order chi connectivity index (χ0) is 11.0. The SMILES string of the molecule is CN(C)c1cc(=O)c2cccc(F)c2o1. The Kier molecular flexibility index (Phi) is 2.19. The van der Waals surface area contributed by atoms with Crippen LogP contribution in [-0.2, 0) is 0 Å². The summed E-state index contributed by atoms with van der Waals surface area (Å²) >= 11 is 0. The van der Waals surface area contributed by atoms with Crippen LogP contribution in [-0.4, -0.2) is 14.1 Å². The molecule has 0 amide bonds. The summed E-state index contributed by atoms with van der Waals surface area (Å²) in [7, 11) is 3.45. The average Bonchev–Trinajstić information content (AvgIpc) is 2.19. The van der Waals surface area contributed by atoms with E-state index < -0.39 is 5.82 Å². The van der Waals surface area contributed by atoms with Crippen LogP contribution in [0.3, 0.4) is 0 Å². The van der Waals surface area contributed by atoms with Gasteiger partial charge in [-0.3, -0.25) is 4.79 Å². The Bertz CT molecular complexity index is 560. The van der Waals surface area contributed by atoms with E-state index in [0.29, 0.717) is 5.88 Å². The molecule has 0 saturated heterocycles. The van der Waals surface area contributed by atoms with Crippen LogP contribution in [0.25, 0.3) is 11.0 Å². The van der Waals surface area contributed by atoms with E-state index in [9.17, 15) is 9.18 Å². The van der Waals surface area contributed by atoms with Gasteiger partial charge in [-0.1, -0.05) is 6.07 Å². The summed E-state index contributed by atoms with van der Waals surface area (Å²) < 4.78 is 18.6. The van der Waals surface area contributed by atoms with Crippen molar-refractivity contribution in [2.75, 3.05) is 19.0 Å². The molecule has 0 unspecified atom stereocenters. The second-order valence-corrected chi connectivity index (χ2v) is 3.46. The molecule has 1 aromatic carbocycles. The van der Waals surface area contributed by atoms with E-state index in [-0.39, 0.29) is 16.4 Å². The molecule has 3 nitrogen and oxygen atoms in total. The minimum absolute atomic E-state index is 0.00806. The molecule has 2 rings (SSSR count). The van der Waals surface area contributed by atoms with Gasteiger partial charge in [-0.05, 0) is 12.1 Å². The van der Waals surface area contributed by atoms with E-state index in [4.69, 9.17) is 4.42 Å². The molecular weight excluding hydrogens is 197 g/mol. The molecule has 15 heavy (non-hydrogen) atoms. The van der Waals surface area contributed by atoms with Crippen LogP contribution in [0.15, 0.2) is 33.5 Å². The minimum Gasteiger partial charge on any atom is -0.437 e. The summed E-state index contributed by atoms with van der Waals surface area (Å²) in [5.41, 5.74) is -0.229. The quantitative estimate of drug-likeness (QED) is 0.717. The Hall–Kier alpha value is -1.84. The van der Waals surface area contributed by atoms with Gasteiger partial charge in [0.05, 0.1) is 5.39 Å². The number of hydrogen-bond donors (Lipinski definition) is 0. The number of halogens is 1. The molecule has 0 fully saturated rings. The lowest BCUT2D eigenvalue weighted by atomic mass is 10.2. The Morgan fingerprint density at radius 2 is 2.07 bits per heavy atom. The summed E-state index contributed by atoms with van der Waals surface area (Å²) in [5, 5.41) is 0.264. The van der Waals surface area contributed by atoms with Crippen LogP contribution < -0.4 is 10.3 Å². The monoisotopic (exact) mass is 207 g/mol. The lowest BCUT2D eigenvalue weighted by molar-refractivity contribution is 0.550. The fourth-order valence-electron chi connectivity index (χ4n) is 1.35. The van der Waals surface area contributed by atoms with E-state index in [2.05, 4.69) is 0 Å². The van der Waals surface area contributed by atoms with Gasteiger partial charge < -0.3 is 9.32 Å². The van der Waals surface area contributed by atoms with Crippen molar-refractivity contribution in [3.8, 4) is 0 Å². The van der Waals surface area contributed by atoms with Crippen molar-refractivity contribution >= 4 is 16.9 Å². The highest BCUT2D eigenvalue weighted by atomic mass is 19.1. The Labute approximate surface area is 85.7 Å². The molecule has 2 aromatic rings. The summed E-state index contributed by atoms with van der Waals surface area (Å²) in [4.78, 5) is 13.2. The van der Waals surface area contributed by atoms with E-state index >= 15 is 0 Å². The zero-order valence-electron chi connectivity index (χ0n) is 8.45. The van der Waals surface area contributed by atoms with Crippen molar-refractivity contribution in [3.05, 3.63) is 40.3 Å². The van der Waals surface area contributed by atoms with Crippen molar-refractivity contribution in [2.24, 2.45) is 0 Å². The standard InChI is InChI=1S/C11H10FNO2/c1-13(2)10-6-9(14)7-4-3-5-8(12)11(7)15-10/h3-6H,1-2H3. The van der Waals surface area contributed by atoms with Crippen LogP contribution in [0.5, 0.6) is 0 Å². The first-order valence-electron chi connectivity index (χ1n) is 4.49. The molecule has 0 atom stereocenters. The van der Waals surface area contributed by atoms with E-state index in [1.54, 1.807) is 25.1 Å². The van der Waals surface area contributed by atoms with Gasteiger partial charge in [-0.2, -0.15) is 0 Å². The molecule has 78 valence electrons. The molecule has 0 saturated carbocycles. The van der Waals surface area contributed by atoms with Crippen molar-refractivity contribution in [3.63, 3.8) is 0 Å². The molecular formula is C11H10FNO2. The van der Waals surface area contributed by atoms with Gasteiger partial charge in [0.25, 0.3) is 0 Å². The molecule has 0 N–H and O–H groups in total. The van der Waals surface area contributed by atoms with E-state index in [1.165, 1.54) is 18.2 Å². The number of fused-ring (bicyclic) bond motifs is 1. The number of hydrogen-bond acceptors (Lipinski definition) is 3. The second-order valence-electron chi connectivity index (χ2n) is 3.46. The fourth-order valence-corrected chi connectivity index (χ4v) is 1.35. The molecule has 0 aliphatic rings. The maximum atomic E-state index is 13.4. The normalized spacial score (nSPS) is 10.6. The third-order valence-electron chi connectivity index (χ3n) is 2.13. The van der Waals surface area contributed by atoms with Gasteiger partial charge in [0.2, 0.25) is 0 Å². The fraction of sp³-hybridized carbons (Fsp3) is 0.182. The van der Waals surface area contributed by atoms with E-state index in [0.717, 1.165) is 0 Å². The van der Waals surface area contributed by atoms with Crippen LogP contribution in [0, 0.1) is 5.82 Å². The summed E-state index contributed by atoms with van der Waals surface area (Å²) in [6, 6.07) is 5.65. The first-order chi connectivity index (χ1) is 7.09. The van der Waals surface area contributed by atoms with Gasteiger partial charge >= 0.3 is 0 Å². The number of para-hydroxylation sites is 1. The largest absolute Gasteiger partial charge is 0.437 e. The molecule has 1 heterocycles. The molecule has 0 aliphatic carbocycles. The van der Waals surface area contributed by atoms with Crippen molar-refractivity contribution in [2.45, 2.75) is 0 Å². The smallest absolute Gasteiger partial charge is 0.199 e. The van der Waals surface area contributed by atoms with Crippen molar-refractivity contribution in [1.29, 1.82) is 0 Å². The van der Waals surface area contributed by atoms with Crippen molar-refractivity contribution in [1.82, 2.24) is 0 Å². The maximum Gasteiger partial charge on any atom is 0.199 e. The summed E-state index contributed by atoms with van der Waals surface area (Å²) in [6.07, 6.45) is 0. The van der Waals surface area contributed by atoms with Crippen LogP contribution in [0.4, 0.5) is 10.3 Å². The molecule has 0 radical (unpaired) electrons. The lowest BCUT2D eigenvalue weighted by Gasteiger charge is -2.10. The average molecular weight is 207 g/mol. The molecule has 4 heteroatoms. The van der Waals surface area contributed by atoms with Crippen LogP contribution >= 0.6 is 0 Å². The molecule has 0 bridgehead atoms. The van der Waals surface area contributed by atoms with Crippen molar-refractivity contribution < 1.29 is 8.81 Å². The predicted molar refractivity (Wildman–Crippen MR) is 56.8 cm³/mol. The number of rotatable bonds is 1. The Balaban J connectivity index is 2.86. The summed E-state index contributed by atoms with van der Waals surface area (Å²) in [5.74, 6) is -0.175. The minimum atomic E-state index is -0.520. The number of benzene rings is 1. The maximum absolute atomic E-state index is 13.4. The van der Waals surface area contributed by atoms with E-state index in [1.807, 2.05) is 0 Å². The van der Waals surface area contributed by atoms with Gasteiger partial charge in [0.15, 0.2) is 22.7 Å². The second kappa shape index (κ2) is 3.38. The van der Waals surface area contributed by atoms with Crippen LogP contribution in [0.2, 0.25) is 0 Å². The first kappa shape index (κ1) is 9.71. The predicted octanol–water partition coefficient (Wildman–Crippen LogP) is 2.00. The summed E-state index contributed by atoms with van der Waals surface area (Å²) in [6.45, 7) is 0. The third-order valence-corrected chi connectivity index (χ3v) is 2.13. The topological polar surface area (TPSA) is 33.5 Å².